The summed E-state index contributed by atoms with van der Waals surface area (Å²) in [6.07, 6.45) is 5.68. The zero-order chi connectivity index (χ0) is 15.1. The summed E-state index contributed by atoms with van der Waals surface area (Å²) in [5.41, 5.74) is 2.49. The van der Waals surface area contributed by atoms with Crippen LogP contribution in [0, 0.1) is 11.3 Å². The van der Waals surface area contributed by atoms with E-state index < -0.39 is 0 Å². The molecule has 0 spiro atoms. The Balaban J connectivity index is 1.96. The molecular weight excluding hydrogens is 258 g/mol. The largest absolute Gasteiger partial charge is 0.371 e. The summed E-state index contributed by atoms with van der Waals surface area (Å²) in [5.74, 6) is 0. The van der Waals surface area contributed by atoms with Gasteiger partial charge in [0.05, 0.1) is 6.07 Å². The molecule has 1 unspecified atom stereocenters. The van der Waals surface area contributed by atoms with Crippen LogP contribution < -0.4 is 10.2 Å². The lowest BCUT2D eigenvalue weighted by molar-refractivity contribution is 0.417. The van der Waals surface area contributed by atoms with E-state index in [0.29, 0.717) is 0 Å². The van der Waals surface area contributed by atoms with Crippen molar-refractivity contribution >= 4 is 5.69 Å². The topological polar surface area (TPSA) is 39.1 Å². The lowest BCUT2D eigenvalue weighted by atomic mass is 9.97. The van der Waals surface area contributed by atoms with Gasteiger partial charge >= 0.3 is 0 Å². The molecule has 21 heavy (non-hydrogen) atoms. The Morgan fingerprint density at radius 3 is 2.90 bits per heavy atom. The van der Waals surface area contributed by atoms with E-state index in [4.69, 9.17) is 0 Å². The summed E-state index contributed by atoms with van der Waals surface area (Å²) in [6.45, 7) is 7.09. The highest BCUT2D eigenvalue weighted by Gasteiger charge is 2.22. The highest BCUT2D eigenvalue weighted by Crippen LogP contribution is 2.26. The van der Waals surface area contributed by atoms with Crippen LogP contribution in [-0.2, 0) is 6.42 Å². The van der Waals surface area contributed by atoms with E-state index in [2.05, 4.69) is 47.5 Å². The molecule has 1 atom stereocenters. The predicted molar refractivity (Wildman–Crippen MR) is 88.5 cm³/mol. The van der Waals surface area contributed by atoms with E-state index in [1.54, 1.807) is 0 Å². The van der Waals surface area contributed by atoms with Crippen molar-refractivity contribution in [2.45, 2.75) is 51.5 Å². The van der Waals surface area contributed by atoms with Crippen molar-refractivity contribution in [1.82, 2.24) is 5.32 Å². The highest BCUT2D eigenvalue weighted by atomic mass is 15.1. The van der Waals surface area contributed by atoms with Gasteiger partial charge in [-0.2, -0.15) is 5.26 Å². The third kappa shape index (κ3) is 4.22. The first-order chi connectivity index (χ1) is 10.2. The molecule has 1 aliphatic heterocycles. The molecule has 0 saturated carbocycles. The van der Waals surface area contributed by atoms with Crippen molar-refractivity contribution in [3.8, 4) is 6.07 Å². The molecule has 1 aliphatic rings. The van der Waals surface area contributed by atoms with Crippen molar-refractivity contribution < 1.29 is 0 Å². The Morgan fingerprint density at radius 2 is 2.14 bits per heavy atom. The molecule has 0 fully saturated rings. The van der Waals surface area contributed by atoms with E-state index >= 15 is 0 Å². The number of hydrogen-bond donors (Lipinski definition) is 1. The van der Waals surface area contributed by atoms with Gasteiger partial charge in [0.25, 0.3) is 0 Å². The molecule has 0 bridgehead atoms. The summed E-state index contributed by atoms with van der Waals surface area (Å²) in [4.78, 5) is 2.51. The number of nitrogens with one attached hydrogen (secondary N) is 1. The first-order valence-corrected chi connectivity index (χ1v) is 8.17. The first kappa shape index (κ1) is 15.9. The Hall–Kier alpha value is -1.53. The average molecular weight is 285 g/mol. The SMILES string of the molecule is CCNC(C)(C#N)CCCN1CCCCc2ccccc21. The number of hydrogen-bond acceptors (Lipinski definition) is 3. The monoisotopic (exact) mass is 285 g/mol. The normalized spacial score (nSPS) is 17.5. The summed E-state index contributed by atoms with van der Waals surface area (Å²) in [7, 11) is 0. The fraction of sp³-hybridized carbons (Fsp3) is 0.611. The first-order valence-electron chi connectivity index (χ1n) is 8.17. The van der Waals surface area contributed by atoms with Crippen molar-refractivity contribution in [3.05, 3.63) is 29.8 Å². The molecule has 0 saturated heterocycles. The van der Waals surface area contributed by atoms with Gasteiger partial charge in [-0.15, -0.1) is 0 Å². The van der Waals surface area contributed by atoms with Crippen LogP contribution >= 0.6 is 0 Å². The number of benzene rings is 1. The van der Waals surface area contributed by atoms with E-state index in [0.717, 1.165) is 32.5 Å². The Labute approximate surface area is 129 Å². The van der Waals surface area contributed by atoms with Crippen molar-refractivity contribution in [2.24, 2.45) is 0 Å². The second-order valence-corrected chi connectivity index (χ2v) is 6.15. The van der Waals surface area contributed by atoms with Crippen molar-refractivity contribution in [3.63, 3.8) is 0 Å². The van der Waals surface area contributed by atoms with Crippen LogP contribution in [-0.4, -0.2) is 25.2 Å². The number of aryl methyl sites for hydroxylation is 1. The van der Waals surface area contributed by atoms with Crippen LogP contribution in [0.4, 0.5) is 5.69 Å². The van der Waals surface area contributed by atoms with Gasteiger partial charge < -0.3 is 4.90 Å². The summed E-state index contributed by atoms with van der Waals surface area (Å²) in [6, 6.07) is 11.2. The zero-order valence-corrected chi connectivity index (χ0v) is 13.4. The molecule has 0 aliphatic carbocycles. The van der Waals surface area contributed by atoms with Gasteiger partial charge in [-0.1, -0.05) is 25.1 Å². The molecule has 1 aromatic rings. The maximum atomic E-state index is 9.33. The number of anilines is 1. The minimum atomic E-state index is -0.389. The fourth-order valence-corrected chi connectivity index (χ4v) is 3.20. The van der Waals surface area contributed by atoms with Crippen LogP contribution in [0.1, 0.15) is 45.1 Å². The second-order valence-electron chi connectivity index (χ2n) is 6.15. The lowest BCUT2D eigenvalue weighted by Gasteiger charge is -2.27. The predicted octanol–water partition coefficient (Wildman–Crippen LogP) is 3.50. The number of rotatable bonds is 6. The highest BCUT2D eigenvalue weighted by molar-refractivity contribution is 5.54. The maximum absolute atomic E-state index is 9.33. The third-order valence-electron chi connectivity index (χ3n) is 4.37. The van der Waals surface area contributed by atoms with Gasteiger partial charge in [-0.05, 0) is 57.2 Å². The summed E-state index contributed by atoms with van der Waals surface area (Å²) in [5, 5.41) is 12.6. The van der Waals surface area contributed by atoms with Crippen molar-refractivity contribution in [2.75, 3.05) is 24.5 Å². The molecule has 0 amide bonds. The van der Waals surface area contributed by atoms with Crippen LogP contribution in [0.3, 0.4) is 0 Å². The van der Waals surface area contributed by atoms with Gasteiger partial charge in [0, 0.05) is 18.8 Å². The van der Waals surface area contributed by atoms with Gasteiger partial charge in [0.15, 0.2) is 0 Å². The Bertz CT molecular complexity index is 491. The molecule has 3 nitrogen and oxygen atoms in total. The number of para-hydroxylation sites is 1. The van der Waals surface area contributed by atoms with Gasteiger partial charge in [0.1, 0.15) is 5.54 Å². The van der Waals surface area contributed by atoms with Crippen molar-refractivity contribution in [1.29, 1.82) is 5.26 Å². The molecule has 2 rings (SSSR count). The third-order valence-corrected chi connectivity index (χ3v) is 4.37. The standard InChI is InChI=1S/C18H27N3/c1-3-20-18(2,15-19)12-8-14-21-13-7-6-10-16-9-4-5-11-17(16)21/h4-5,9,11,20H,3,6-8,10,12-14H2,1-2H3. The quantitative estimate of drug-likeness (QED) is 0.869. The maximum Gasteiger partial charge on any atom is 0.103 e. The second kappa shape index (κ2) is 7.47. The summed E-state index contributed by atoms with van der Waals surface area (Å²) < 4.78 is 0. The molecule has 114 valence electrons. The van der Waals surface area contributed by atoms with Crippen LogP contribution in [0.5, 0.6) is 0 Å². The smallest absolute Gasteiger partial charge is 0.103 e. The van der Waals surface area contributed by atoms with E-state index in [-0.39, 0.29) is 5.54 Å². The number of fused-ring (bicyclic) bond motifs is 1. The van der Waals surface area contributed by atoms with E-state index in [9.17, 15) is 5.26 Å². The van der Waals surface area contributed by atoms with Crippen LogP contribution in [0.2, 0.25) is 0 Å². The molecule has 1 heterocycles. The number of nitrogens with zero attached hydrogens (tertiary/aromatic N) is 2. The van der Waals surface area contributed by atoms with Gasteiger partial charge in [0.2, 0.25) is 0 Å². The molecule has 0 aromatic heterocycles. The van der Waals surface area contributed by atoms with Crippen LogP contribution in [0.15, 0.2) is 24.3 Å². The average Bonchev–Trinajstić information content (AvgIpc) is 2.70. The van der Waals surface area contributed by atoms with Crippen LogP contribution in [0.25, 0.3) is 0 Å². The van der Waals surface area contributed by atoms with Gasteiger partial charge in [-0.3, -0.25) is 5.32 Å². The minimum Gasteiger partial charge on any atom is -0.371 e. The minimum absolute atomic E-state index is 0.389. The molecule has 1 aromatic carbocycles. The fourth-order valence-electron chi connectivity index (χ4n) is 3.20. The van der Waals surface area contributed by atoms with E-state index in [1.807, 2.05) is 6.92 Å². The Kier molecular flexibility index (Phi) is 5.64. The summed E-state index contributed by atoms with van der Waals surface area (Å²) >= 11 is 0. The van der Waals surface area contributed by atoms with Gasteiger partial charge in [-0.25, -0.2) is 0 Å². The lowest BCUT2D eigenvalue weighted by Crippen LogP contribution is -2.41. The Morgan fingerprint density at radius 1 is 1.33 bits per heavy atom. The molecule has 1 N–H and O–H groups in total. The zero-order valence-electron chi connectivity index (χ0n) is 13.4. The molecule has 3 heteroatoms. The molecule has 0 radical (unpaired) electrons. The van der Waals surface area contributed by atoms with E-state index in [1.165, 1.54) is 30.5 Å². The molecular formula is C18H27N3. The number of nitriles is 1.